The lowest BCUT2D eigenvalue weighted by molar-refractivity contribution is 0.114. The summed E-state index contributed by atoms with van der Waals surface area (Å²) in [5.74, 6) is 0.676. The van der Waals surface area contributed by atoms with Crippen molar-refractivity contribution < 1.29 is 14.3 Å². The van der Waals surface area contributed by atoms with Gasteiger partial charge in [0.05, 0.1) is 19.8 Å². The molecule has 0 radical (unpaired) electrons. The Bertz CT molecular complexity index is 721. The molecule has 0 aliphatic carbocycles. The third kappa shape index (κ3) is 5.44. The van der Waals surface area contributed by atoms with Gasteiger partial charge in [0.1, 0.15) is 5.75 Å². The van der Waals surface area contributed by atoms with E-state index in [-0.39, 0.29) is 23.7 Å². The number of hydrogen-bond donors (Lipinski definition) is 1. The van der Waals surface area contributed by atoms with Gasteiger partial charge < -0.3 is 14.3 Å². The maximum absolute atomic E-state index is 10.3. The third-order valence-corrected chi connectivity index (χ3v) is 10.5. The van der Waals surface area contributed by atoms with Crippen molar-refractivity contribution in [3.8, 4) is 5.75 Å². The fraction of sp³-hybridized carbons (Fsp3) is 0.455. The zero-order chi connectivity index (χ0) is 20.2. The van der Waals surface area contributed by atoms with Crippen molar-refractivity contribution in [2.75, 3.05) is 13.7 Å². The van der Waals surface area contributed by atoms with Gasteiger partial charge in [-0.1, -0.05) is 61.0 Å². The topological polar surface area (TPSA) is 38.7 Å². The number of ether oxygens (including phenoxy) is 1. The molecule has 0 heterocycles. The van der Waals surface area contributed by atoms with Crippen LogP contribution in [0.1, 0.15) is 43.9 Å². The van der Waals surface area contributed by atoms with E-state index >= 15 is 0 Å². The summed E-state index contributed by atoms with van der Waals surface area (Å²) in [5, 5.41) is 10.4. The average Bonchev–Trinajstić information content (AvgIpc) is 2.62. The van der Waals surface area contributed by atoms with Crippen molar-refractivity contribution in [1.29, 1.82) is 0 Å². The first-order valence-corrected chi connectivity index (χ1v) is 13.0. The lowest BCUT2D eigenvalue weighted by Crippen LogP contribution is -2.43. The quantitative estimate of drug-likeness (QED) is 0.503. The Morgan fingerprint density at radius 3 is 1.93 bits per heavy atom. The van der Waals surface area contributed by atoms with Crippen LogP contribution in [-0.4, -0.2) is 27.1 Å². The Morgan fingerprint density at radius 1 is 0.963 bits per heavy atom. The monoisotopic (exact) mass is 450 g/mol. The van der Waals surface area contributed by atoms with E-state index in [2.05, 4.69) is 61.9 Å². The minimum atomic E-state index is -2.05. The maximum atomic E-state index is 10.3. The van der Waals surface area contributed by atoms with Crippen LogP contribution in [0.4, 0.5) is 0 Å². The molecule has 0 aromatic heterocycles. The summed E-state index contributed by atoms with van der Waals surface area (Å²) in [6.07, 6.45) is -0.219. The first kappa shape index (κ1) is 22.1. The molecule has 0 aliphatic heterocycles. The highest BCUT2D eigenvalue weighted by atomic mass is 79.9. The van der Waals surface area contributed by atoms with Crippen molar-refractivity contribution in [3.63, 3.8) is 0 Å². The van der Waals surface area contributed by atoms with Gasteiger partial charge in [-0.25, -0.2) is 0 Å². The molecule has 2 atom stereocenters. The Labute approximate surface area is 173 Å². The summed E-state index contributed by atoms with van der Waals surface area (Å²) in [6, 6.07) is 16.1. The fourth-order valence-electron chi connectivity index (χ4n) is 2.76. The molecule has 0 saturated carbocycles. The number of rotatable bonds is 7. The van der Waals surface area contributed by atoms with Crippen molar-refractivity contribution in [1.82, 2.24) is 0 Å². The van der Waals surface area contributed by atoms with Gasteiger partial charge in [0, 0.05) is 10.4 Å². The number of aliphatic hydroxyl groups excluding tert-OH is 1. The van der Waals surface area contributed by atoms with Gasteiger partial charge in [0.25, 0.3) is 0 Å². The largest absolute Gasteiger partial charge is 0.497 e. The Kier molecular flexibility index (Phi) is 7.31. The highest BCUT2D eigenvalue weighted by molar-refractivity contribution is 9.10. The Hall–Kier alpha value is -1.14. The molecule has 0 aliphatic rings. The number of benzene rings is 2. The van der Waals surface area contributed by atoms with E-state index in [1.165, 1.54) is 0 Å². The van der Waals surface area contributed by atoms with E-state index in [9.17, 15) is 5.11 Å². The molecule has 0 spiro atoms. The summed E-state index contributed by atoms with van der Waals surface area (Å²) < 4.78 is 13.2. The number of hydrogen-bond acceptors (Lipinski definition) is 3. The molecule has 0 unspecified atom stereocenters. The van der Waals surface area contributed by atoms with Crippen LogP contribution in [0.3, 0.4) is 0 Å². The smallest absolute Gasteiger partial charge is 0.192 e. The SMILES string of the molecule is COc1ccc([C@H](O[Si](C)(C)C(C)(C)C)[C@H](CO)c2ccc(Br)cc2)cc1. The second-order valence-electron chi connectivity index (χ2n) is 8.41. The van der Waals surface area contributed by atoms with Gasteiger partial charge in [-0.05, 0) is 53.5 Å². The van der Waals surface area contributed by atoms with Crippen LogP contribution in [-0.2, 0) is 4.43 Å². The summed E-state index contributed by atoms with van der Waals surface area (Å²) in [5.41, 5.74) is 2.13. The van der Waals surface area contributed by atoms with E-state index in [0.717, 1.165) is 21.3 Å². The Morgan fingerprint density at radius 2 is 1.48 bits per heavy atom. The van der Waals surface area contributed by atoms with E-state index in [1.54, 1.807) is 7.11 Å². The van der Waals surface area contributed by atoms with E-state index in [4.69, 9.17) is 9.16 Å². The van der Waals surface area contributed by atoms with E-state index < -0.39 is 8.32 Å². The van der Waals surface area contributed by atoms with Crippen molar-refractivity contribution in [3.05, 3.63) is 64.1 Å². The second-order valence-corrected chi connectivity index (χ2v) is 14.1. The molecule has 2 rings (SSSR count). The van der Waals surface area contributed by atoms with E-state index in [1.807, 2.05) is 36.4 Å². The maximum Gasteiger partial charge on any atom is 0.192 e. The zero-order valence-corrected chi connectivity index (χ0v) is 19.7. The molecule has 5 heteroatoms. The van der Waals surface area contributed by atoms with Crippen LogP contribution in [0.2, 0.25) is 18.1 Å². The molecule has 2 aromatic carbocycles. The van der Waals surface area contributed by atoms with Crippen LogP contribution < -0.4 is 4.74 Å². The molecule has 0 fully saturated rings. The lowest BCUT2D eigenvalue weighted by Gasteiger charge is -2.41. The normalized spacial score (nSPS) is 14.7. The third-order valence-electron chi connectivity index (χ3n) is 5.53. The molecule has 27 heavy (non-hydrogen) atoms. The van der Waals surface area contributed by atoms with Crippen molar-refractivity contribution in [2.24, 2.45) is 0 Å². The summed E-state index contributed by atoms with van der Waals surface area (Å²) in [4.78, 5) is 0. The highest BCUT2D eigenvalue weighted by Crippen LogP contribution is 2.44. The molecule has 0 saturated heterocycles. The molecule has 0 amide bonds. The van der Waals surface area contributed by atoms with Crippen molar-refractivity contribution in [2.45, 2.75) is 50.9 Å². The number of methoxy groups -OCH3 is 1. The zero-order valence-electron chi connectivity index (χ0n) is 17.1. The minimum absolute atomic E-state index is 0.0208. The molecule has 2 aromatic rings. The number of halogens is 1. The van der Waals surface area contributed by atoms with Gasteiger partial charge in [-0.2, -0.15) is 0 Å². The second kappa shape index (κ2) is 8.91. The molecule has 1 N–H and O–H groups in total. The van der Waals surface area contributed by atoms with Crippen LogP contribution in [0.5, 0.6) is 5.75 Å². The fourth-order valence-corrected chi connectivity index (χ4v) is 4.31. The van der Waals surface area contributed by atoms with Crippen LogP contribution in [0, 0.1) is 0 Å². The van der Waals surface area contributed by atoms with Gasteiger partial charge >= 0.3 is 0 Å². The summed E-state index contributed by atoms with van der Waals surface area (Å²) in [7, 11) is -0.383. The predicted octanol–water partition coefficient (Wildman–Crippen LogP) is 6.30. The van der Waals surface area contributed by atoms with Gasteiger partial charge in [0.15, 0.2) is 8.32 Å². The molecular weight excluding hydrogens is 420 g/mol. The molecule has 3 nitrogen and oxygen atoms in total. The first-order valence-electron chi connectivity index (χ1n) is 9.27. The van der Waals surface area contributed by atoms with Crippen LogP contribution in [0.15, 0.2) is 53.0 Å². The van der Waals surface area contributed by atoms with Crippen molar-refractivity contribution >= 4 is 24.2 Å². The van der Waals surface area contributed by atoms with E-state index in [0.29, 0.717) is 0 Å². The first-order chi connectivity index (χ1) is 12.6. The average molecular weight is 451 g/mol. The number of aliphatic hydroxyl groups is 1. The summed E-state index contributed by atoms with van der Waals surface area (Å²) >= 11 is 3.49. The van der Waals surface area contributed by atoms with Gasteiger partial charge in [-0.3, -0.25) is 0 Å². The standard InChI is InChI=1S/C22H31BrO3Si/c1-22(2,3)27(5,6)26-21(17-9-13-19(25-4)14-10-17)20(15-24)16-7-11-18(23)12-8-16/h7-14,20-21,24H,15H2,1-6H3/t20-,21+/m1/s1. The van der Waals surface area contributed by atoms with Gasteiger partial charge in [-0.15, -0.1) is 0 Å². The highest BCUT2D eigenvalue weighted by Gasteiger charge is 2.41. The lowest BCUT2D eigenvalue weighted by atomic mass is 9.90. The minimum Gasteiger partial charge on any atom is -0.497 e. The predicted molar refractivity (Wildman–Crippen MR) is 118 cm³/mol. The van der Waals surface area contributed by atoms with Gasteiger partial charge in [0.2, 0.25) is 0 Å². The van der Waals surface area contributed by atoms with Crippen LogP contribution in [0.25, 0.3) is 0 Å². The van der Waals surface area contributed by atoms with Crippen LogP contribution >= 0.6 is 15.9 Å². The summed E-state index contributed by atoms with van der Waals surface area (Å²) in [6.45, 7) is 11.2. The molecular formula is C22H31BrO3Si. The molecule has 148 valence electrons. The Balaban J connectivity index is 2.47. The molecule has 0 bridgehead atoms.